The van der Waals surface area contributed by atoms with Gasteiger partial charge in [0.05, 0.1) is 24.0 Å². The predicted molar refractivity (Wildman–Crippen MR) is 62.9 cm³/mol. The zero-order valence-electron chi connectivity index (χ0n) is 9.87. The number of nitrogens with one attached hydrogen (secondary N) is 1. The van der Waals surface area contributed by atoms with Crippen LogP contribution >= 0.6 is 0 Å². The molecule has 17 heavy (non-hydrogen) atoms. The first kappa shape index (κ1) is 13.4. The molecule has 0 heterocycles. The highest BCUT2D eigenvalue weighted by Crippen LogP contribution is 2.15. The van der Waals surface area contributed by atoms with Crippen molar-refractivity contribution in [3.05, 3.63) is 29.6 Å². The Morgan fingerprint density at radius 2 is 2.24 bits per heavy atom. The number of carboxylic acids is 1. The molecule has 1 aromatic rings. The summed E-state index contributed by atoms with van der Waals surface area (Å²) >= 11 is 0. The van der Waals surface area contributed by atoms with E-state index in [-0.39, 0.29) is 17.4 Å². The van der Waals surface area contributed by atoms with Crippen molar-refractivity contribution in [1.82, 2.24) is 0 Å². The van der Waals surface area contributed by atoms with Crippen molar-refractivity contribution in [2.45, 2.75) is 20.0 Å². The Labute approximate surface area is 99.4 Å². The fourth-order valence-corrected chi connectivity index (χ4v) is 1.27. The van der Waals surface area contributed by atoms with Gasteiger partial charge in [0.15, 0.2) is 0 Å². The number of hydrogen-bond donors (Lipinski definition) is 2. The Balaban J connectivity index is 2.52. The standard InChI is InChI=1S/C12H16FNO3/c1-8(2)17-6-5-14-11-4-3-9(12(15)16)7-10(11)13/h3-4,7-8,14H,5-6H2,1-2H3,(H,15,16). The number of carboxylic acid groups (broad SMARTS) is 1. The smallest absolute Gasteiger partial charge is 0.335 e. The van der Waals surface area contributed by atoms with Gasteiger partial charge in [0, 0.05) is 6.54 Å². The van der Waals surface area contributed by atoms with E-state index >= 15 is 0 Å². The van der Waals surface area contributed by atoms with Crippen molar-refractivity contribution in [2.24, 2.45) is 0 Å². The fraction of sp³-hybridized carbons (Fsp3) is 0.417. The van der Waals surface area contributed by atoms with Crippen molar-refractivity contribution in [1.29, 1.82) is 0 Å². The molecule has 2 N–H and O–H groups in total. The summed E-state index contributed by atoms with van der Waals surface area (Å²) < 4.78 is 18.7. The first-order valence-corrected chi connectivity index (χ1v) is 5.39. The number of hydrogen-bond acceptors (Lipinski definition) is 3. The zero-order valence-corrected chi connectivity index (χ0v) is 9.87. The maximum Gasteiger partial charge on any atom is 0.335 e. The molecule has 1 rings (SSSR count). The minimum absolute atomic E-state index is 0.0634. The molecule has 0 bridgehead atoms. The molecule has 0 saturated carbocycles. The van der Waals surface area contributed by atoms with Crippen LogP contribution in [0.2, 0.25) is 0 Å². The van der Waals surface area contributed by atoms with E-state index in [0.29, 0.717) is 13.2 Å². The lowest BCUT2D eigenvalue weighted by atomic mass is 10.2. The summed E-state index contributed by atoms with van der Waals surface area (Å²) in [5, 5.41) is 11.5. The first-order valence-electron chi connectivity index (χ1n) is 5.39. The molecule has 0 aliphatic heterocycles. The summed E-state index contributed by atoms with van der Waals surface area (Å²) in [7, 11) is 0. The molecule has 0 aliphatic rings. The molecule has 0 radical (unpaired) electrons. The van der Waals surface area contributed by atoms with Crippen LogP contribution in [0, 0.1) is 5.82 Å². The maximum absolute atomic E-state index is 13.4. The van der Waals surface area contributed by atoms with Crippen LogP contribution in [0.25, 0.3) is 0 Å². The maximum atomic E-state index is 13.4. The van der Waals surface area contributed by atoms with Gasteiger partial charge in [0.2, 0.25) is 0 Å². The summed E-state index contributed by atoms with van der Waals surface area (Å²) in [4.78, 5) is 10.6. The molecule has 0 spiro atoms. The number of ether oxygens (including phenoxy) is 1. The van der Waals surface area contributed by atoms with Crippen molar-refractivity contribution < 1.29 is 19.0 Å². The zero-order chi connectivity index (χ0) is 12.8. The number of aromatic carboxylic acids is 1. The van der Waals surface area contributed by atoms with Crippen LogP contribution < -0.4 is 5.32 Å². The van der Waals surface area contributed by atoms with E-state index in [1.165, 1.54) is 12.1 Å². The topological polar surface area (TPSA) is 58.6 Å². The van der Waals surface area contributed by atoms with Gasteiger partial charge in [-0.05, 0) is 32.0 Å². The van der Waals surface area contributed by atoms with E-state index in [9.17, 15) is 9.18 Å². The summed E-state index contributed by atoms with van der Waals surface area (Å²) in [6.45, 7) is 4.78. The molecular formula is C12H16FNO3. The van der Waals surface area contributed by atoms with E-state index in [0.717, 1.165) is 6.07 Å². The quantitative estimate of drug-likeness (QED) is 0.751. The van der Waals surface area contributed by atoms with E-state index in [4.69, 9.17) is 9.84 Å². The van der Waals surface area contributed by atoms with Crippen molar-refractivity contribution in [3.8, 4) is 0 Å². The number of halogens is 1. The largest absolute Gasteiger partial charge is 0.478 e. The minimum atomic E-state index is -1.14. The monoisotopic (exact) mass is 241 g/mol. The molecule has 0 saturated heterocycles. The second-order valence-electron chi connectivity index (χ2n) is 3.85. The molecule has 0 fully saturated rings. The lowest BCUT2D eigenvalue weighted by Gasteiger charge is -2.10. The second kappa shape index (κ2) is 6.20. The summed E-state index contributed by atoms with van der Waals surface area (Å²) in [5.74, 6) is -1.71. The SMILES string of the molecule is CC(C)OCCNc1ccc(C(=O)O)cc1F. The van der Waals surface area contributed by atoms with Gasteiger partial charge in [-0.25, -0.2) is 9.18 Å². The van der Waals surface area contributed by atoms with Gasteiger partial charge in [0.25, 0.3) is 0 Å². The number of anilines is 1. The Kier molecular flexibility index (Phi) is 4.90. The fourth-order valence-electron chi connectivity index (χ4n) is 1.27. The van der Waals surface area contributed by atoms with E-state index < -0.39 is 11.8 Å². The van der Waals surface area contributed by atoms with Gasteiger partial charge >= 0.3 is 5.97 Å². The van der Waals surface area contributed by atoms with Gasteiger partial charge in [-0.3, -0.25) is 0 Å². The normalized spacial score (nSPS) is 10.6. The molecule has 94 valence electrons. The number of rotatable bonds is 6. The number of benzene rings is 1. The molecular weight excluding hydrogens is 225 g/mol. The van der Waals surface area contributed by atoms with Gasteiger partial charge < -0.3 is 15.2 Å². The van der Waals surface area contributed by atoms with Gasteiger partial charge in [-0.15, -0.1) is 0 Å². The van der Waals surface area contributed by atoms with Gasteiger partial charge in [-0.2, -0.15) is 0 Å². The van der Waals surface area contributed by atoms with E-state index in [1.54, 1.807) is 0 Å². The van der Waals surface area contributed by atoms with Crippen LogP contribution in [0.4, 0.5) is 10.1 Å². The van der Waals surface area contributed by atoms with E-state index in [2.05, 4.69) is 5.32 Å². The summed E-state index contributed by atoms with van der Waals surface area (Å²) in [5.41, 5.74) is 0.217. The average Bonchev–Trinajstić information content (AvgIpc) is 2.25. The molecule has 4 nitrogen and oxygen atoms in total. The Morgan fingerprint density at radius 1 is 1.53 bits per heavy atom. The Morgan fingerprint density at radius 3 is 2.76 bits per heavy atom. The summed E-state index contributed by atoms with van der Waals surface area (Å²) in [6.07, 6.45) is 0.135. The highest BCUT2D eigenvalue weighted by Gasteiger charge is 2.07. The third-order valence-electron chi connectivity index (χ3n) is 2.08. The Bertz CT molecular complexity index is 393. The van der Waals surface area contributed by atoms with Crippen LogP contribution in [0.3, 0.4) is 0 Å². The van der Waals surface area contributed by atoms with Crippen LogP contribution in [0.15, 0.2) is 18.2 Å². The Hall–Kier alpha value is -1.62. The van der Waals surface area contributed by atoms with Crippen LogP contribution in [0.5, 0.6) is 0 Å². The first-order chi connectivity index (χ1) is 8.00. The third-order valence-corrected chi connectivity index (χ3v) is 2.08. The van der Waals surface area contributed by atoms with Crippen LogP contribution in [0.1, 0.15) is 24.2 Å². The lowest BCUT2D eigenvalue weighted by molar-refractivity contribution is 0.0696. The molecule has 0 aliphatic carbocycles. The van der Waals surface area contributed by atoms with Crippen molar-refractivity contribution in [3.63, 3.8) is 0 Å². The van der Waals surface area contributed by atoms with Crippen LogP contribution in [-0.2, 0) is 4.74 Å². The van der Waals surface area contributed by atoms with Crippen molar-refractivity contribution >= 4 is 11.7 Å². The molecule has 0 aromatic heterocycles. The van der Waals surface area contributed by atoms with Crippen LogP contribution in [-0.4, -0.2) is 30.3 Å². The lowest BCUT2D eigenvalue weighted by Crippen LogP contribution is -2.14. The van der Waals surface area contributed by atoms with Gasteiger partial charge in [-0.1, -0.05) is 0 Å². The van der Waals surface area contributed by atoms with Gasteiger partial charge in [0.1, 0.15) is 5.82 Å². The molecule has 0 unspecified atom stereocenters. The third kappa shape index (κ3) is 4.40. The second-order valence-corrected chi connectivity index (χ2v) is 3.85. The molecule has 0 atom stereocenters. The predicted octanol–water partition coefficient (Wildman–Crippen LogP) is 2.36. The highest BCUT2D eigenvalue weighted by atomic mass is 19.1. The summed E-state index contributed by atoms with van der Waals surface area (Å²) in [6, 6.07) is 3.76. The molecule has 5 heteroatoms. The molecule has 0 amide bonds. The number of carbonyl (C=O) groups is 1. The van der Waals surface area contributed by atoms with E-state index in [1.807, 2.05) is 13.8 Å². The highest BCUT2D eigenvalue weighted by molar-refractivity contribution is 5.88. The average molecular weight is 241 g/mol. The van der Waals surface area contributed by atoms with Crippen molar-refractivity contribution in [2.75, 3.05) is 18.5 Å². The molecule has 1 aromatic carbocycles. The minimum Gasteiger partial charge on any atom is -0.478 e.